The average molecular weight is 237 g/mol. The molecule has 2 aromatic rings. The first-order valence-corrected chi connectivity index (χ1v) is 6.16. The van der Waals surface area contributed by atoms with Crippen molar-refractivity contribution in [2.24, 2.45) is 0 Å². The molecule has 0 N–H and O–H groups in total. The molecule has 1 heterocycles. The molecule has 4 heteroatoms. The largest absolute Gasteiger partial charge is 0.465 e. The van der Waals surface area contributed by atoms with Crippen LogP contribution in [0.25, 0.3) is 10.4 Å². The van der Waals surface area contributed by atoms with Gasteiger partial charge in [0.25, 0.3) is 0 Å². The lowest BCUT2D eigenvalue weighted by Crippen LogP contribution is -2.00. The number of esters is 1. The van der Waals surface area contributed by atoms with Gasteiger partial charge in [0, 0.05) is 5.56 Å². The third kappa shape index (κ3) is 2.22. The molecule has 0 amide bonds. The SMILES string of the molecule is COC(=O)c1ccc(-c2c[s+]cs2)cc1. The quantitative estimate of drug-likeness (QED) is 0.590. The molecular weight excluding hydrogens is 228 g/mol. The molecule has 0 aliphatic heterocycles. The predicted octanol–water partition coefficient (Wildman–Crippen LogP) is 3.54. The lowest BCUT2D eigenvalue weighted by atomic mass is 10.1. The fourth-order valence-corrected chi connectivity index (χ4v) is 3.00. The maximum absolute atomic E-state index is 11.2. The van der Waals surface area contributed by atoms with Crippen LogP contribution in [-0.2, 0) is 4.74 Å². The van der Waals surface area contributed by atoms with E-state index in [1.165, 1.54) is 12.0 Å². The second kappa shape index (κ2) is 4.51. The molecule has 0 bridgehead atoms. The number of benzene rings is 1. The Kier molecular flexibility index (Phi) is 3.08. The number of methoxy groups -OCH3 is 1. The Morgan fingerprint density at radius 3 is 2.60 bits per heavy atom. The van der Waals surface area contributed by atoms with Crippen LogP contribution in [-0.4, -0.2) is 13.1 Å². The van der Waals surface area contributed by atoms with E-state index in [1.807, 2.05) is 12.1 Å². The molecule has 0 fully saturated rings. The molecule has 0 radical (unpaired) electrons. The van der Waals surface area contributed by atoms with Crippen molar-refractivity contribution in [3.63, 3.8) is 0 Å². The monoisotopic (exact) mass is 237 g/mol. The molecule has 0 aliphatic rings. The van der Waals surface area contributed by atoms with Gasteiger partial charge in [0.05, 0.1) is 35.3 Å². The summed E-state index contributed by atoms with van der Waals surface area (Å²) in [6.07, 6.45) is 0. The second-order valence-electron chi connectivity index (χ2n) is 2.90. The summed E-state index contributed by atoms with van der Waals surface area (Å²) in [6.45, 7) is 0. The third-order valence-electron chi connectivity index (χ3n) is 2.00. The molecule has 1 aromatic heterocycles. The van der Waals surface area contributed by atoms with Gasteiger partial charge in [-0.1, -0.05) is 12.1 Å². The van der Waals surface area contributed by atoms with Crippen LogP contribution in [0.4, 0.5) is 0 Å². The highest BCUT2D eigenvalue weighted by atomic mass is 32.2. The van der Waals surface area contributed by atoms with E-state index in [0.717, 1.165) is 5.56 Å². The predicted molar refractivity (Wildman–Crippen MR) is 63.4 cm³/mol. The molecule has 0 atom stereocenters. The molecule has 1 aromatic carbocycles. The van der Waals surface area contributed by atoms with E-state index in [-0.39, 0.29) is 5.97 Å². The topological polar surface area (TPSA) is 26.3 Å². The van der Waals surface area contributed by atoms with E-state index in [9.17, 15) is 4.79 Å². The molecule has 15 heavy (non-hydrogen) atoms. The van der Waals surface area contributed by atoms with Crippen LogP contribution in [0, 0.1) is 0 Å². The smallest absolute Gasteiger partial charge is 0.337 e. The van der Waals surface area contributed by atoms with E-state index in [2.05, 4.69) is 14.8 Å². The molecule has 2 rings (SSSR count). The maximum Gasteiger partial charge on any atom is 0.337 e. The minimum absolute atomic E-state index is 0.296. The third-order valence-corrected chi connectivity index (χ3v) is 3.95. The van der Waals surface area contributed by atoms with E-state index in [1.54, 1.807) is 34.8 Å². The van der Waals surface area contributed by atoms with Gasteiger partial charge in [0.1, 0.15) is 5.38 Å². The van der Waals surface area contributed by atoms with Crippen molar-refractivity contribution in [2.45, 2.75) is 0 Å². The van der Waals surface area contributed by atoms with Crippen molar-refractivity contribution in [2.75, 3.05) is 7.11 Å². The zero-order valence-electron chi connectivity index (χ0n) is 8.10. The molecule has 0 spiro atoms. The van der Waals surface area contributed by atoms with Crippen molar-refractivity contribution in [1.82, 2.24) is 0 Å². The van der Waals surface area contributed by atoms with Crippen LogP contribution in [0.2, 0.25) is 0 Å². The molecule has 0 aliphatic carbocycles. The Hall–Kier alpha value is -1.26. The molecule has 0 unspecified atom stereocenters. The summed E-state index contributed by atoms with van der Waals surface area (Å²) < 4.78 is 6.71. The fourth-order valence-electron chi connectivity index (χ4n) is 1.22. The lowest BCUT2D eigenvalue weighted by molar-refractivity contribution is 0.0601. The van der Waals surface area contributed by atoms with Gasteiger partial charge in [-0.05, 0) is 12.1 Å². The molecule has 2 nitrogen and oxygen atoms in total. The van der Waals surface area contributed by atoms with Gasteiger partial charge in [-0.3, -0.25) is 0 Å². The molecule has 0 saturated carbocycles. The maximum atomic E-state index is 11.2. The summed E-state index contributed by atoms with van der Waals surface area (Å²) >= 11 is 3.37. The minimum atomic E-state index is -0.296. The number of hydrogen-bond donors (Lipinski definition) is 0. The van der Waals surface area contributed by atoms with Gasteiger partial charge in [-0.25, -0.2) is 4.79 Å². The Balaban J connectivity index is 2.29. The van der Waals surface area contributed by atoms with E-state index in [0.29, 0.717) is 5.56 Å². The number of rotatable bonds is 2. The number of ether oxygens (including phenoxy) is 1. The Morgan fingerprint density at radius 1 is 1.33 bits per heavy atom. The zero-order valence-corrected chi connectivity index (χ0v) is 9.73. The Labute approximate surface area is 95.8 Å². The summed E-state index contributed by atoms with van der Waals surface area (Å²) in [5.74, 6) is -0.296. The highest BCUT2D eigenvalue weighted by molar-refractivity contribution is 7.29. The lowest BCUT2D eigenvalue weighted by Gasteiger charge is -1.98. The van der Waals surface area contributed by atoms with E-state index >= 15 is 0 Å². The van der Waals surface area contributed by atoms with Crippen molar-refractivity contribution in [1.29, 1.82) is 0 Å². The van der Waals surface area contributed by atoms with E-state index < -0.39 is 0 Å². The van der Waals surface area contributed by atoms with Gasteiger partial charge in [0.15, 0.2) is 4.88 Å². The van der Waals surface area contributed by atoms with Crippen LogP contribution >= 0.6 is 22.7 Å². The van der Waals surface area contributed by atoms with Gasteiger partial charge in [-0.2, -0.15) is 0 Å². The first-order valence-electron chi connectivity index (χ1n) is 4.34. The summed E-state index contributed by atoms with van der Waals surface area (Å²) in [6, 6.07) is 7.44. The molecule has 0 saturated heterocycles. The van der Waals surface area contributed by atoms with Crippen molar-refractivity contribution < 1.29 is 9.53 Å². The van der Waals surface area contributed by atoms with Crippen LogP contribution in [0.15, 0.2) is 34.3 Å². The summed E-state index contributed by atoms with van der Waals surface area (Å²) in [4.78, 5) is 12.4. The van der Waals surface area contributed by atoms with Crippen molar-refractivity contribution in [3.05, 3.63) is 39.9 Å². The first-order chi connectivity index (χ1) is 7.31. The molecular formula is C11H9O2S2+. The number of hydrogen-bond acceptors (Lipinski definition) is 3. The second-order valence-corrected chi connectivity index (χ2v) is 4.85. The standard InChI is InChI=1S/C11H9O2S2/c1-13-11(12)9-4-2-8(3-5-9)10-6-14-7-15-10/h2-7H,1H3/q+1. The van der Waals surface area contributed by atoms with Gasteiger partial charge < -0.3 is 4.74 Å². The van der Waals surface area contributed by atoms with Crippen molar-refractivity contribution in [3.8, 4) is 10.4 Å². The van der Waals surface area contributed by atoms with E-state index in [4.69, 9.17) is 0 Å². The van der Waals surface area contributed by atoms with Crippen LogP contribution in [0.1, 0.15) is 10.4 Å². The number of carbonyl (C=O) groups is 1. The van der Waals surface area contributed by atoms with Crippen LogP contribution in [0.3, 0.4) is 0 Å². The van der Waals surface area contributed by atoms with Gasteiger partial charge in [0.2, 0.25) is 4.69 Å². The average Bonchev–Trinajstić information content (AvgIpc) is 2.82. The summed E-state index contributed by atoms with van der Waals surface area (Å²) in [5, 5.41) is 2.10. The number of carbonyl (C=O) groups excluding carboxylic acids is 1. The first kappa shape index (κ1) is 10.3. The summed E-state index contributed by atoms with van der Waals surface area (Å²) in [7, 11) is 1.39. The highest BCUT2D eigenvalue weighted by Gasteiger charge is 2.09. The van der Waals surface area contributed by atoms with Gasteiger partial charge in [-0.15, -0.1) is 0 Å². The van der Waals surface area contributed by atoms with Gasteiger partial charge >= 0.3 is 5.97 Å². The highest BCUT2D eigenvalue weighted by Crippen LogP contribution is 2.27. The zero-order chi connectivity index (χ0) is 10.7. The minimum Gasteiger partial charge on any atom is -0.465 e. The molecule has 76 valence electrons. The normalized spacial score (nSPS) is 9.93. The van der Waals surface area contributed by atoms with Crippen LogP contribution < -0.4 is 0 Å². The summed E-state index contributed by atoms with van der Waals surface area (Å²) in [5.41, 5.74) is 1.72. The van der Waals surface area contributed by atoms with Crippen molar-refractivity contribution >= 4 is 28.6 Å². The fraction of sp³-hybridized carbons (Fsp3) is 0.0909. The Morgan fingerprint density at radius 2 is 2.07 bits per heavy atom. The Bertz CT molecular complexity index is 446. The van der Waals surface area contributed by atoms with Crippen LogP contribution in [0.5, 0.6) is 0 Å².